The molecule has 0 saturated carbocycles. The van der Waals surface area contributed by atoms with Gasteiger partial charge in [-0.05, 0) is 74.8 Å². The Morgan fingerprint density at radius 1 is 0.947 bits per heavy atom. The lowest BCUT2D eigenvalue weighted by Gasteiger charge is -2.30. The highest BCUT2D eigenvalue weighted by molar-refractivity contribution is 5.61. The van der Waals surface area contributed by atoms with Gasteiger partial charge in [0.15, 0.2) is 11.3 Å². The fourth-order valence-electron chi connectivity index (χ4n) is 5.06. The van der Waals surface area contributed by atoms with Crippen molar-refractivity contribution in [2.24, 2.45) is 5.41 Å². The van der Waals surface area contributed by atoms with E-state index in [-0.39, 0.29) is 22.3 Å². The normalized spacial score (nSPS) is 19.2. The molecular weight excluding hydrogens is 468 g/mol. The van der Waals surface area contributed by atoms with Gasteiger partial charge < -0.3 is 9.64 Å². The third-order valence-electron chi connectivity index (χ3n) is 6.89. The van der Waals surface area contributed by atoms with Gasteiger partial charge in [0.2, 0.25) is 0 Å². The Bertz CT molecular complexity index is 1350. The van der Waals surface area contributed by atoms with Crippen molar-refractivity contribution in [2.75, 3.05) is 18.0 Å². The first-order chi connectivity index (χ1) is 18.1. The molecule has 0 amide bonds. The van der Waals surface area contributed by atoms with Crippen molar-refractivity contribution in [3.63, 3.8) is 0 Å². The van der Waals surface area contributed by atoms with E-state index in [1.165, 1.54) is 22.4 Å². The number of hydrogen-bond acceptors (Lipinski definition) is 5. The van der Waals surface area contributed by atoms with Gasteiger partial charge in [-0.1, -0.05) is 62.4 Å². The minimum absolute atomic E-state index is 0.0612. The van der Waals surface area contributed by atoms with Gasteiger partial charge >= 0.3 is 0 Å². The van der Waals surface area contributed by atoms with Crippen LogP contribution >= 0.6 is 0 Å². The van der Waals surface area contributed by atoms with Crippen LogP contribution in [0.25, 0.3) is 6.08 Å². The maximum absolute atomic E-state index is 9.74. The molecule has 0 unspecified atom stereocenters. The molecule has 1 aromatic carbocycles. The first kappa shape index (κ1) is 28.3. The Morgan fingerprint density at radius 2 is 1.61 bits per heavy atom. The number of hydrogen-bond donors (Lipinski definition) is 0. The largest absolute Gasteiger partial charge is 0.480 e. The monoisotopic (exact) mass is 504 g/mol. The van der Waals surface area contributed by atoms with Crippen LogP contribution in [0.2, 0.25) is 0 Å². The topological polar surface area (TPSA) is 83.8 Å². The average molecular weight is 505 g/mol. The second-order valence-corrected chi connectivity index (χ2v) is 10.9. The van der Waals surface area contributed by atoms with Gasteiger partial charge in [0.05, 0.1) is 0 Å². The summed E-state index contributed by atoms with van der Waals surface area (Å²) < 4.78 is 5.85. The molecule has 0 radical (unpaired) electrons. The van der Waals surface area contributed by atoms with Gasteiger partial charge in [-0.2, -0.15) is 15.8 Å². The van der Waals surface area contributed by atoms with Gasteiger partial charge in [0, 0.05) is 24.4 Å². The van der Waals surface area contributed by atoms with Crippen LogP contribution in [0.3, 0.4) is 0 Å². The molecule has 0 fully saturated rings. The van der Waals surface area contributed by atoms with E-state index in [9.17, 15) is 15.8 Å². The molecule has 5 heteroatoms. The van der Waals surface area contributed by atoms with Crippen LogP contribution in [0.1, 0.15) is 59.9 Å². The summed E-state index contributed by atoms with van der Waals surface area (Å²) in [4.78, 5) is 2.34. The summed E-state index contributed by atoms with van der Waals surface area (Å²) in [6, 6.07) is 14.5. The summed E-state index contributed by atoms with van der Waals surface area (Å²) in [7, 11) is 0. The fourth-order valence-corrected chi connectivity index (χ4v) is 5.06. The molecule has 0 saturated heterocycles. The maximum atomic E-state index is 9.74. The lowest BCUT2D eigenvalue weighted by atomic mass is 9.75. The number of nitriles is 3. The molecule has 0 atom stereocenters. The van der Waals surface area contributed by atoms with Crippen molar-refractivity contribution in [1.29, 1.82) is 15.8 Å². The van der Waals surface area contributed by atoms with Crippen LogP contribution in [-0.2, 0) is 4.74 Å². The molecule has 1 aromatic rings. The number of anilines is 1. The highest BCUT2D eigenvalue weighted by Crippen LogP contribution is 2.41. The first-order valence-corrected chi connectivity index (χ1v) is 13.1. The summed E-state index contributed by atoms with van der Waals surface area (Å²) in [6.45, 7) is 14.5. The van der Waals surface area contributed by atoms with E-state index in [1.807, 2.05) is 38.1 Å². The molecule has 0 bridgehead atoms. The zero-order valence-corrected chi connectivity index (χ0v) is 23.3. The van der Waals surface area contributed by atoms with E-state index in [2.05, 4.69) is 87.2 Å². The molecular formula is C33H36N4O. The van der Waals surface area contributed by atoms with Crippen LogP contribution in [-0.4, -0.2) is 18.7 Å². The van der Waals surface area contributed by atoms with Gasteiger partial charge in [-0.25, -0.2) is 0 Å². The molecule has 38 heavy (non-hydrogen) atoms. The molecule has 1 aliphatic carbocycles. The molecule has 0 N–H and O–H groups in total. The zero-order valence-electron chi connectivity index (χ0n) is 23.3. The Hall–Kier alpha value is -4.27. The Labute approximate surface area is 227 Å². The van der Waals surface area contributed by atoms with Crippen molar-refractivity contribution in [3.8, 4) is 18.2 Å². The van der Waals surface area contributed by atoms with Crippen LogP contribution in [0.5, 0.6) is 0 Å². The van der Waals surface area contributed by atoms with Crippen molar-refractivity contribution in [3.05, 3.63) is 93.8 Å². The van der Waals surface area contributed by atoms with E-state index in [0.717, 1.165) is 25.9 Å². The summed E-state index contributed by atoms with van der Waals surface area (Å²) >= 11 is 0. The Balaban J connectivity index is 1.87. The van der Waals surface area contributed by atoms with Crippen molar-refractivity contribution in [2.45, 2.75) is 60.0 Å². The molecule has 1 heterocycles. The predicted octanol–water partition coefficient (Wildman–Crippen LogP) is 7.71. The van der Waals surface area contributed by atoms with E-state index < -0.39 is 5.60 Å². The van der Waals surface area contributed by atoms with Gasteiger partial charge in [0.25, 0.3) is 0 Å². The molecule has 2 aliphatic rings. The Morgan fingerprint density at radius 3 is 2.18 bits per heavy atom. The highest BCUT2D eigenvalue weighted by Gasteiger charge is 2.38. The van der Waals surface area contributed by atoms with E-state index in [0.29, 0.717) is 5.57 Å². The number of rotatable bonds is 7. The summed E-state index contributed by atoms with van der Waals surface area (Å²) in [5.41, 5.74) is 4.90. The zero-order chi connectivity index (χ0) is 27.9. The quantitative estimate of drug-likeness (QED) is 0.355. The van der Waals surface area contributed by atoms with E-state index >= 15 is 0 Å². The summed E-state index contributed by atoms with van der Waals surface area (Å²) in [5.74, 6) is 0.0612. The van der Waals surface area contributed by atoms with Crippen molar-refractivity contribution >= 4 is 11.8 Å². The number of allylic oxidation sites excluding steroid dienone is 8. The molecule has 1 aliphatic heterocycles. The molecule has 0 spiro atoms. The highest BCUT2D eigenvalue weighted by atomic mass is 16.5. The predicted molar refractivity (Wildman–Crippen MR) is 153 cm³/mol. The Kier molecular flexibility index (Phi) is 8.83. The van der Waals surface area contributed by atoms with Crippen molar-refractivity contribution in [1.82, 2.24) is 0 Å². The minimum Gasteiger partial charge on any atom is -0.480 e. The number of nitrogens with zero attached hydrogens (tertiary/aromatic N) is 4. The number of ether oxygens (including phenoxy) is 1. The second kappa shape index (κ2) is 11.9. The molecule has 5 nitrogen and oxygen atoms in total. The third-order valence-corrected chi connectivity index (χ3v) is 6.89. The van der Waals surface area contributed by atoms with Gasteiger partial charge in [-0.15, -0.1) is 0 Å². The van der Waals surface area contributed by atoms with E-state index in [1.54, 1.807) is 0 Å². The first-order valence-electron chi connectivity index (χ1n) is 13.1. The maximum Gasteiger partial charge on any atom is 0.172 e. The fraction of sp³-hybridized carbons (Fsp3) is 0.364. The minimum atomic E-state index is -0.815. The third kappa shape index (κ3) is 6.53. The van der Waals surface area contributed by atoms with Gasteiger partial charge in [-0.3, -0.25) is 0 Å². The second-order valence-electron chi connectivity index (χ2n) is 10.9. The van der Waals surface area contributed by atoms with Crippen LogP contribution in [0.15, 0.2) is 88.3 Å². The lowest BCUT2D eigenvalue weighted by Crippen LogP contribution is -2.21. The molecule has 194 valence electrons. The summed E-state index contributed by atoms with van der Waals surface area (Å²) in [6.07, 6.45) is 14.4. The van der Waals surface area contributed by atoms with Crippen molar-refractivity contribution < 1.29 is 4.74 Å². The molecule has 3 rings (SSSR count). The summed E-state index contributed by atoms with van der Waals surface area (Å²) in [5, 5.41) is 28.3. The average Bonchev–Trinajstić information content (AvgIpc) is 3.13. The van der Waals surface area contributed by atoms with E-state index in [4.69, 9.17) is 4.74 Å². The van der Waals surface area contributed by atoms with Gasteiger partial charge in [0.1, 0.15) is 29.4 Å². The molecule has 0 aromatic heterocycles. The lowest BCUT2D eigenvalue weighted by molar-refractivity contribution is 0.0954. The number of benzene rings is 1. The van der Waals surface area contributed by atoms with Crippen LogP contribution < -0.4 is 4.90 Å². The van der Waals surface area contributed by atoms with Crippen LogP contribution in [0.4, 0.5) is 5.69 Å². The standard InChI is InChI=1S/C33H36N4O/c1-7-37(8-2)28-16-14-24(15-17-28)12-13-26-18-25(19-32(3,4)20-26)10-9-11-30-29(23-36)31(27(21-34)22-35)38-33(30,5)6/h9-18H,7-8,19-20H2,1-6H3. The smallest absolute Gasteiger partial charge is 0.172 e. The SMILES string of the molecule is CCN(CC)c1ccc(C=CC2=CC(=CC=CC3=C(C#N)C(=C(C#N)C#N)OC3(C)C)CC(C)(C)C2)cc1. The van der Waals surface area contributed by atoms with Crippen LogP contribution in [0, 0.1) is 39.4 Å².